The van der Waals surface area contributed by atoms with Crippen molar-refractivity contribution in [2.24, 2.45) is 0 Å². The zero-order valence-corrected chi connectivity index (χ0v) is 10.8. The Hall–Kier alpha value is -1.95. The van der Waals surface area contributed by atoms with E-state index < -0.39 is 5.97 Å². The number of carboxylic acids is 1. The molecule has 18 heavy (non-hydrogen) atoms. The molecule has 1 N–H and O–H groups in total. The predicted octanol–water partition coefficient (Wildman–Crippen LogP) is 0.413. The number of carbonyl (C=O) groups excluding carboxylic acids is 1. The number of aromatic carboxylic acids is 1. The van der Waals surface area contributed by atoms with Gasteiger partial charge >= 0.3 is 5.97 Å². The van der Waals surface area contributed by atoms with Crippen molar-refractivity contribution in [3.8, 4) is 0 Å². The third-order valence-electron chi connectivity index (χ3n) is 2.47. The van der Waals surface area contributed by atoms with Crippen LogP contribution in [0.15, 0.2) is 18.3 Å². The summed E-state index contributed by atoms with van der Waals surface area (Å²) in [5.74, 6) is -1.53. The number of pyridine rings is 1. The maximum absolute atomic E-state index is 12.1. The summed E-state index contributed by atoms with van der Waals surface area (Å²) in [5, 5.41) is 9.00. The van der Waals surface area contributed by atoms with E-state index in [-0.39, 0.29) is 17.2 Å². The number of carboxylic acid groups (broad SMARTS) is 1. The van der Waals surface area contributed by atoms with Gasteiger partial charge in [0.05, 0.1) is 5.56 Å². The van der Waals surface area contributed by atoms with E-state index in [0.29, 0.717) is 13.1 Å². The summed E-state index contributed by atoms with van der Waals surface area (Å²) in [4.78, 5) is 30.3. The van der Waals surface area contributed by atoms with Gasteiger partial charge in [0.2, 0.25) is 0 Å². The fourth-order valence-corrected chi connectivity index (χ4v) is 1.38. The summed E-state index contributed by atoms with van der Waals surface area (Å²) < 4.78 is 0. The Labute approximate surface area is 106 Å². The molecule has 0 aliphatic carbocycles. The number of rotatable bonds is 5. The lowest BCUT2D eigenvalue weighted by molar-refractivity contribution is 0.0678. The molecule has 1 heterocycles. The molecular formula is C12H17N3O3. The number of hydrogen-bond acceptors (Lipinski definition) is 4. The van der Waals surface area contributed by atoms with Gasteiger partial charge in [0, 0.05) is 26.3 Å². The fraction of sp³-hybridized carbons (Fsp3) is 0.417. The Morgan fingerprint density at radius 1 is 1.28 bits per heavy atom. The molecule has 0 bridgehead atoms. The Bertz CT molecular complexity index is 446. The molecule has 0 atom stereocenters. The van der Waals surface area contributed by atoms with Crippen LogP contribution >= 0.6 is 0 Å². The van der Waals surface area contributed by atoms with E-state index >= 15 is 0 Å². The predicted molar refractivity (Wildman–Crippen MR) is 66.7 cm³/mol. The smallest absolute Gasteiger partial charge is 0.338 e. The minimum absolute atomic E-state index is 0.0220. The van der Waals surface area contributed by atoms with Crippen LogP contribution in [0.1, 0.15) is 20.8 Å². The summed E-state index contributed by atoms with van der Waals surface area (Å²) in [5.41, 5.74) is -0.0922. The molecule has 0 radical (unpaired) electrons. The second-order valence-corrected chi connectivity index (χ2v) is 4.23. The molecule has 0 fully saturated rings. The molecule has 98 valence electrons. The standard InChI is InChI=1S/C12H17N3O3/c1-14(2)7-8-15(3)11(16)10-9(12(17)18)5-4-6-13-10/h4-6H,7-8H2,1-3H3,(H,17,18). The van der Waals surface area contributed by atoms with Gasteiger partial charge in [-0.3, -0.25) is 9.78 Å². The number of amides is 1. The first-order valence-corrected chi connectivity index (χ1v) is 5.52. The minimum Gasteiger partial charge on any atom is -0.478 e. The lowest BCUT2D eigenvalue weighted by Gasteiger charge is -2.19. The number of likely N-dealkylation sites (N-methyl/N-ethyl adjacent to an activating group) is 2. The van der Waals surface area contributed by atoms with Gasteiger partial charge in [-0.25, -0.2) is 4.79 Å². The first kappa shape index (κ1) is 14.1. The maximum Gasteiger partial charge on any atom is 0.338 e. The molecule has 1 aromatic heterocycles. The van der Waals surface area contributed by atoms with Gasteiger partial charge in [0.25, 0.3) is 5.91 Å². The van der Waals surface area contributed by atoms with E-state index in [4.69, 9.17) is 5.11 Å². The van der Waals surface area contributed by atoms with Crippen LogP contribution in [0.3, 0.4) is 0 Å². The summed E-state index contributed by atoms with van der Waals surface area (Å²) in [6.07, 6.45) is 1.42. The first-order valence-electron chi connectivity index (χ1n) is 5.52. The summed E-state index contributed by atoms with van der Waals surface area (Å²) in [6, 6.07) is 2.88. The van der Waals surface area contributed by atoms with Gasteiger partial charge in [-0.05, 0) is 26.2 Å². The third-order valence-corrected chi connectivity index (χ3v) is 2.47. The summed E-state index contributed by atoms with van der Waals surface area (Å²) in [7, 11) is 5.44. The molecule has 0 unspecified atom stereocenters. The highest BCUT2D eigenvalue weighted by molar-refractivity contribution is 6.03. The monoisotopic (exact) mass is 251 g/mol. The molecule has 6 nitrogen and oxygen atoms in total. The topological polar surface area (TPSA) is 73.7 Å². The molecule has 0 saturated carbocycles. The van der Waals surface area contributed by atoms with Crippen molar-refractivity contribution in [2.75, 3.05) is 34.2 Å². The SMILES string of the molecule is CN(C)CCN(C)C(=O)c1ncccc1C(=O)O. The van der Waals surface area contributed by atoms with E-state index in [1.807, 2.05) is 19.0 Å². The highest BCUT2D eigenvalue weighted by atomic mass is 16.4. The van der Waals surface area contributed by atoms with E-state index in [1.165, 1.54) is 23.2 Å². The van der Waals surface area contributed by atoms with Crippen LogP contribution in [0, 0.1) is 0 Å². The van der Waals surface area contributed by atoms with Gasteiger partial charge in [0.15, 0.2) is 0 Å². The lowest BCUT2D eigenvalue weighted by atomic mass is 10.2. The van der Waals surface area contributed by atoms with Crippen LogP contribution in [0.5, 0.6) is 0 Å². The summed E-state index contributed by atoms with van der Waals surface area (Å²) >= 11 is 0. The van der Waals surface area contributed by atoms with Gasteiger partial charge < -0.3 is 14.9 Å². The highest BCUT2D eigenvalue weighted by Crippen LogP contribution is 2.08. The zero-order valence-electron chi connectivity index (χ0n) is 10.8. The van der Waals surface area contributed by atoms with Crippen LogP contribution in [0.4, 0.5) is 0 Å². The molecule has 0 saturated heterocycles. The molecule has 0 aliphatic heterocycles. The normalized spacial score (nSPS) is 10.4. The van der Waals surface area contributed by atoms with Gasteiger partial charge in [0.1, 0.15) is 5.69 Å². The third kappa shape index (κ3) is 3.53. The van der Waals surface area contributed by atoms with Crippen molar-refractivity contribution in [3.63, 3.8) is 0 Å². The van der Waals surface area contributed by atoms with Crippen LogP contribution < -0.4 is 0 Å². The van der Waals surface area contributed by atoms with Crippen molar-refractivity contribution >= 4 is 11.9 Å². The van der Waals surface area contributed by atoms with Crippen molar-refractivity contribution < 1.29 is 14.7 Å². The molecule has 1 rings (SSSR count). The molecule has 0 aromatic carbocycles. The van der Waals surface area contributed by atoms with E-state index in [9.17, 15) is 9.59 Å². The Kier molecular flexibility index (Phi) is 4.79. The molecule has 6 heteroatoms. The van der Waals surface area contributed by atoms with E-state index in [0.717, 1.165) is 0 Å². The van der Waals surface area contributed by atoms with E-state index in [2.05, 4.69) is 4.98 Å². The number of carbonyl (C=O) groups is 2. The number of aromatic nitrogens is 1. The average Bonchev–Trinajstić information content (AvgIpc) is 2.34. The molecule has 1 aromatic rings. The summed E-state index contributed by atoms with van der Waals surface area (Å²) in [6.45, 7) is 1.22. The van der Waals surface area contributed by atoms with Gasteiger partial charge in [-0.1, -0.05) is 0 Å². The highest BCUT2D eigenvalue weighted by Gasteiger charge is 2.20. The minimum atomic E-state index is -1.15. The average molecular weight is 251 g/mol. The molecule has 0 spiro atoms. The second kappa shape index (κ2) is 6.11. The van der Waals surface area contributed by atoms with Crippen molar-refractivity contribution in [2.45, 2.75) is 0 Å². The van der Waals surface area contributed by atoms with Crippen LogP contribution in [-0.2, 0) is 0 Å². The first-order chi connectivity index (χ1) is 8.43. The zero-order chi connectivity index (χ0) is 13.7. The molecular weight excluding hydrogens is 234 g/mol. The van der Waals surface area contributed by atoms with Crippen molar-refractivity contribution in [3.05, 3.63) is 29.6 Å². The quantitative estimate of drug-likeness (QED) is 0.820. The van der Waals surface area contributed by atoms with E-state index in [1.54, 1.807) is 7.05 Å². The Morgan fingerprint density at radius 2 is 1.94 bits per heavy atom. The fourth-order valence-electron chi connectivity index (χ4n) is 1.38. The second-order valence-electron chi connectivity index (χ2n) is 4.23. The molecule has 0 aliphatic rings. The largest absolute Gasteiger partial charge is 0.478 e. The number of hydrogen-bond donors (Lipinski definition) is 1. The number of nitrogens with zero attached hydrogens (tertiary/aromatic N) is 3. The van der Waals surface area contributed by atoms with Crippen molar-refractivity contribution in [1.82, 2.24) is 14.8 Å². The maximum atomic E-state index is 12.1. The van der Waals surface area contributed by atoms with Gasteiger partial charge in [-0.15, -0.1) is 0 Å². The lowest BCUT2D eigenvalue weighted by Crippen LogP contribution is -2.34. The molecule has 1 amide bonds. The van der Waals surface area contributed by atoms with Gasteiger partial charge in [-0.2, -0.15) is 0 Å². The van der Waals surface area contributed by atoms with Crippen LogP contribution in [0.25, 0.3) is 0 Å². The Morgan fingerprint density at radius 3 is 2.50 bits per heavy atom. The van der Waals surface area contributed by atoms with Crippen LogP contribution in [-0.4, -0.2) is 66.0 Å². The Balaban J connectivity index is 2.86. The van der Waals surface area contributed by atoms with Crippen LogP contribution in [0.2, 0.25) is 0 Å². The van der Waals surface area contributed by atoms with Crippen molar-refractivity contribution in [1.29, 1.82) is 0 Å².